The normalized spacial score (nSPS) is 15.4. The maximum Gasteiger partial charge on any atom is 0.387 e. The number of fused-ring (bicyclic) bond motifs is 2. The van der Waals surface area contributed by atoms with Gasteiger partial charge in [0, 0.05) is 47.6 Å². The topological polar surface area (TPSA) is 80.6 Å². The van der Waals surface area contributed by atoms with Gasteiger partial charge in [-0.05, 0) is 31.0 Å². The molecule has 1 fully saturated rings. The lowest BCUT2D eigenvalue weighted by Gasteiger charge is -2.19. The number of nitrogens with one attached hydrogen (secondary N) is 1. The summed E-state index contributed by atoms with van der Waals surface area (Å²) in [5.41, 5.74) is -1.62. The van der Waals surface area contributed by atoms with Crippen molar-refractivity contribution in [3.63, 3.8) is 0 Å². The van der Waals surface area contributed by atoms with Gasteiger partial charge < -0.3 is 19.7 Å². The molecule has 2 aromatic carbocycles. The first-order valence-corrected chi connectivity index (χ1v) is 9.88. The highest BCUT2D eigenvalue weighted by atomic mass is 19.3. The van der Waals surface area contributed by atoms with Gasteiger partial charge in [-0.3, -0.25) is 4.79 Å². The Kier molecular flexibility index (Phi) is 4.70. The maximum atomic E-state index is 15.3. The van der Waals surface area contributed by atoms with Crippen LogP contribution in [-0.2, 0) is 13.1 Å². The van der Waals surface area contributed by atoms with Gasteiger partial charge >= 0.3 is 12.6 Å². The fraction of sp³-hybridized carbons (Fsp3) is 0.273. The number of benzene rings is 2. The van der Waals surface area contributed by atoms with Gasteiger partial charge in [0.1, 0.15) is 17.2 Å². The third-order valence-corrected chi connectivity index (χ3v) is 5.84. The summed E-state index contributed by atoms with van der Waals surface area (Å²) in [6.07, 6.45) is 2.38. The van der Waals surface area contributed by atoms with Crippen molar-refractivity contribution in [3.05, 3.63) is 62.9 Å². The SMILES string of the molecule is O=C(O)c1cn(C2CC2)c2c(OC(F)F)c(-c3cc(F)c4c(c3F)CNC4)ccc2c1=O. The van der Waals surface area contributed by atoms with E-state index in [1.54, 1.807) is 0 Å². The van der Waals surface area contributed by atoms with Crippen LogP contribution in [0.15, 0.2) is 29.2 Å². The van der Waals surface area contributed by atoms with Crippen LogP contribution in [0.3, 0.4) is 0 Å². The molecule has 0 saturated heterocycles. The molecule has 10 heteroatoms. The summed E-state index contributed by atoms with van der Waals surface area (Å²) in [6, 6.07) is 3.11. The number of rotatable bonds is 5. The van der Waals surface area contributed by atoms with E-state index in [0.29, 0.717) is 12.8 Å². The van der Waals surface area contributed by atoms with Crippen LogP contribution in [0.25, 0.3) is 22.0 Å². The second-order valence-corrected chi connectivity index (χ2v) is 7.81. The lowest BCUT2D eigenvalue weighted by molar-refractivity contribution is -0.0486. The molecule has 2 aliphatic rings. The molecule has 0 spiro atoms. The summed E-state index contributed by atoms with van der Waals surface area (Å²) < 4.78 is 62.9. The highest BCUT2D eigenvalue weighted by Gasteiger charge is 2.31. The summed E-state index contributed by atoms with van der Waals surface area (Å²) in [4.78, 5) is 24.3. The number of halogens is 4. The molecule has 166 valence electrons. The number of pyridine rings is 1. The molecular weight excluding hydrogens is 432 g/mol. The molecule has 0 radical (unpaired) electrons. The van der Waals surface area contributed by atoms with Gasteiger partial charge in [-0.2, -0.15) is 8.78 Å². The van der Waals surface area contributed by atoms with E-state index >= 15 is 4.39 Å². The van der Waals surface area contributed by atoms with Gasteiger partial charge in [0.2, 0.25) is 5.43 Å². The van der Waals surface area contributed by atoms with Gasteiger partial charge in [-0.25, -0.2) is 13.6 Å². The van der Waals surface area contributed by atoms with E-state index in [-0.39, 0.29) is 52.3 Å². The molecule has 1 aliphatic carbocycles. The first-order chi connectivity index (χ1) is 15.3. The maximum absolute atomic E-state index is 15.3. The Balaban J connectivity index is 1.87. The van der Waals surface area contributed by atoms with E-state index in [0.717, 1.165) is 12.3 Å². The molecule has 1 aliphatic heterocycles. The van der Waals surface area contributed by atoms with Gasteiger partial charge in [-0.15, -0.1) is 0 Å². The third kappa shape index (κ3) is 3.13. The summed E-state index contributed by atoms with van der Waals surface area (Å²) in [5.74, 6) is -3.41. The summed E-state index contributed by atoms with van der Waals surface area (Å²) >= 11 is 0. The van der Waals surface area contributed by atoms with E-state index in [1.807, 2.05) is 0 Å². The predicted octanol–water partition coefficient (Wildman–Crippen LogP) is 4.18. The van der Waals surface area contributed by atoms with Crippen LogP contribution in [0, 0.1) is 11.6 Å². The smallest absolute Gasteiger partial charge is 0.387 e. The first-order valence-electron chi connectivity index (χ1n) is 9.88. The Morgan fingerprint density at radius 2 is 1.88 bits per heavy atom. The van der Waals surface area contributed by atoms with Crippen LogP contribution in [-0.4, -0.2) is 22.3 Å². The zero-order valence-corrected chi connectivity index (χ0v) is 16.4. The molecule has 1 aromatic heterocycles. The molecule has 0 unspecified atom stereocenters. The molecule has 0 atom stereocenters. The summed E-state index contributed by atoms with van der Waals surface area (Å²) in [5, 5.41) is 12.1. The van der Waals surface area contributed by atoms with Crippen molar-refractivity contribution in [2.45, 2.75) is 38.6 Å². The fourth-order valence-corrected chi connectivity index (χ4v) is 4.23. The Labute approximate surface area is 178 Å². The van der Waals surface area contributed by atoms with Gasteiger partial charge in [0.05, 0.1) is 10.9 Å². The monoisotopic (exact) mass is 448 g/mol. The van der Waals surface area contributed by atoms with Crippen LogP contribution in [0.1, 0.15) is 40.4 Å². The van der Waals surface area contributed by atoms with Crippen LogP contribution in [0.5, 0.6) is 5.75 Å². The molecular formula is C22H16F4N2O4. The Morgan fingerprint density at radius 1 is 1.16 bits per heavy atom. The van der Waals surface area contributed by atoms with Gasteiger partial charge in [-0.1, -0.05) is 0 Å². The van der Waals surface area contributed by atoms with Crippen molar-refractivity contribution in [2.24, 2.45) is 0 Å². The van der Waals surface area contributed by atoms with Crippen LogP contribution in [0.4, 0.5) is 17.6 Å². The molecule has 6 nitrogen and oxygen atoms in total. The molecule has 32 heavy (non-hydrogen) atoms. The number of alkyl halides is 2. The number of carboxylic acids is 1. The Bertz CT molecular complexity index is 1350. The number of carbonyl (C=O) groups is 1. The second-order valence-electron chi connectivity index (χ2n) is 7.81. The summed E-state index contributed by atoms with van der Waals surface area (Å²) in [6.45, 7) is -3.08. The Hall–Kier alpha value is -3.40. The molecule has 2 N–H and O–H groups in total. The number of hydrogen-bond acceptors (Lipinski definition) is 4. The highest BCUT2D eigenvalue weighted by molar-refractivity contribution is 5.97. The molecule has 5 rings (SSSR count). The zero-order valence-electron chi connectivity index (χ0n) is 16.4. The van der Waals surface area contributed by atoms with E-state index in [1.165, 1.54) is 16.7 Å². The number of hydrogen-bond donors (Lipinski definition) is 2. The fourth-order valence-electron chi connectivity index (χ4n) is 4.23. The average Bonchev–Trinajstić information content (AvgIpc) is 3.45. The van der Waals surface area contributed by atoms with Gasteiger partial charge in [0.25, 0.3) is 0 Å². The van der Waals surface area contributed by atoms with Gasteiger partial charge in [0.15, 0.2) is 5.75 Å². The quantitative estimate of drug-likeness (QED) is 0.573. The van der Waals surface area contributed by atoms with Crippen molar-refractivity contribution in [3.8, 4) is 16.9 Å². The molecule has 3 aromatic rings. The minimum absolute atomic E-state index is 0.0706. The van der Waals surface area contributed by atoms with Crippen LogP contribution >= 0.6 is 0 Å². The average molecular weight is 448 g/mol. The minimum atomic E-state index is -3.31. The van der Waals surface area contributed by atoms with Crippen molar-refractivity contribution in [1.82, 2.24) is 9.88 Å². The van der Waals surface area contributed by atoms with Crippen molar-refractivity contribution in [1.29, 1.82) is 0 Å². The molecule has 0 amide bonds. The van der Waals surface area contributed by atoms with E-state index in [4.69, 9.17) is 4.74 Å². The van der Waals surface area contributed by atoms with Crippen molar-refractivity contribution < 1.29 is 32.2 Å². The van der Waals surface area contributed by atoms with Crippen molar-refractivity contribution >= 4 is 16.9 Å². The highest BCUT2D eigenvalue weighted by Crippen LogP contribution is 2.44. The Morgan fingerprint density at radius 3 is 2.53 bits per heavy atom. The van der Waals surface area contributed by atoms with Crippen molar-refractivity contribution in [2.75, 3.05) is 0 Å². The number of aromatic nitrogens is 1. The lowest BCUT2D eigenvalue weighted by Crippen LogP contribution is -2.20. The predicted molar refractivity (Wildman–Crippen MR) is 106 cm³/mol. The standard InChI is InChI=1S/C22H16F4N2O4/c23-16-5-12(17(24)14-7-27-6-13(14)16)10-3-4-11-18(20(10)32-22(25)26)28(9-1-2-9)8-15(19(11)29)21(30)31/h3-5,8-9,22,27H,1-2,6-7H2,(H,30,31). The first kappa shape index (κ1) is 20.5. The third-order valence-electron chi connectivity index (χ3n) is 5.84. The lowest BCUT2D eigenvalue weighted by atomic mass is 9.96. The zero-order chi connectivity index (χ0) is 22.7. The van der Waals surface area contributed by atoms with E-state index < -0.39 is 41.0 Å². The van der Waals surface area contributed by atoms with E-state index in [2.05, 4.69) is 5.32 Å². The molecule has 0 bridgehead atoms. The van der Waals surface area contributed by atoms with Crippen LogP contribution < -0.4 is 15.5 Å². The molecule has 2 heterocycles. The number of aromatic carboxylic acids is 1. The number of carboxylic acid groups (broad SMARTS) is 1. The van der Waals surface area contributed by atoms with E-state index in [9.17, 15) is 27.9 Å². The number of nitrogens with zero attached hydrogens (tertiary/aromatic N) is 1. The largest absolute Gasteiger partial charge is 0.477 e. The molecule has 1 saturated carbocycles. The number of ether oxygens (including phenoxy) is 1. The minimum Gasteiger partial charge on any atom is -0.477 e. The summed E-state index contributed by atoms with van der Waals surface area (Å²) in [7, 11) is 0. The second kappa shape index (κ2) is 7.33. The van der Waals surface area contributed by atoms with Crippen LogP contribution in [0.2, 0.25) is 0 Å².